The van der Waals surface area contributed by atoms with E-state index in [2.05, 4.69) is 47.1 Å². The molecule has 0 fully saturated rings. The van der Waals surface area contributed by atoms with Crippen molar-refractivity contribution < 1.29 is 4.79 Å². The third-order valence-corrected chi connectivity index (χ3v) is 5.14. The average molecular weight is 383 g/mol. The van der Waals surface area contributed by atoms with Gasteiger partial charge in [0.05, 0.1) is 11.0 Å². The van der Waals surface area contributed by atoms with Crippen molar-refractivity contribution in [3.05, 3.63) is 101 Å². The summed E-state index contributed by atoms with van der Waals surface area (Å²) in [5.41, 5.74) is 6.43. The number of nitrogens with one attached hydrogen (secondary N) is 1. The molecule has 4 rings (SSSR count). The van der Waals surface area contributed by atoms with E-state index < -0.39 is 0 Å². The molecule has 0 saturated carbocycles. The molecule has 1 aromatic heterocycles. The molecule has 1 N–H and O–H groups in total. The second-order valence-corrected chi connectivity index (χ2v) is 7.46. The molecule has 3 aromatic carbocycles. The lowest BCUT2D eigenvalue weighted by atomic mass is 10.1. The highest BCUT2D eigenvalue weighted by atomic mass is 16.1. The van der Waals surface area contributed by atoms with Crippen molar-refractivity contribution in [2.24, 2.45) is 0 Å². The fourth-order valence-electron chi connectivity index (χ4n) is 3.46. The zero-order chi connectivity index (χ0) is 20.2. The van der Waals surface area contributed by atoms with E-state index in [1.54, 1.807) is 0 Å². The van der Waals surface area contributed by atoms with Gasteiger partial charge in [-0.1, -0.05) is 59.7 Å². The molecule has 0 radical (unpaired) electrons. The van der Waals surface area contributed by atoms with Gasteiger partial charge in [-0.2, -0.15) is 0 Å². The second kappa shape index (κ2) is 8.31. The summed E-state index contributed by atoms with van der Waals surface area (Å²) in [5, 5.41) is 3.02. The van der Waals surface area contributed by atoms with Crippen LogP contribution in [0.3, 0.4) is 0 Å². The number of benzene rings is 3. The van der Waals surface area contributed by atoms with Crippen LogP contribution in [0.25, 0.3) is 11.0 Å². The first-order valence-electron chi connectivity index (χ1n) is 9.95. The van der Waals surface area contributed by atoms with E-state index in [4.69, 9.17) is 4.98 Å². The van der Waals surface area contributed by atoms with Gasteiger partial charge in [0, 0.05) is 25.1 Å². The number of hydrogen-bond donors (Lipinski definition) is 1. The van der Waals surface area contributed by atoms with Crippen molar-refractivity contribution in [1.82, 2.24) is 14.9 Å². The molecule has 0 unspecified atom stereocenters. The van der Waals surface area contributed by atoms with Crippen molar-refractivity contribution in [3.63, 3.8) is 0 Å². The number of fused-ring (bicyclic) bond motifs is 1. The average Bonchev–Trinajstić information content (AvgIpc) is 3.07. The molecule has 0 aliphatic heterocycles. The largest absolute Gasteiger partial charge is 0.352 e. The van der Waals surface area contributed by atoms with Gasteiger partial charge in [0.25, 0.3) is 5.91 Å². The quantitative estimate of drug-likeness (QED) is 0.526. The van der Waals surface area contributed by atoms with E-state index in [9.17, 15) is 4.79 Å². The van der Waals surface area contributed by atoms with E-state index >= 15 is 0 Å². The van der Waals surface area contributed by atoms with Gasteiger partial charge in [-0.15, -0.1) is 0 Å². The SMILES string of the molecule is Cc1ccc(Cn2c(CCNC(=O)c3ccc(C)cc3)nc3ccccc32)cc1. The fraction of sp³-hybridized carbons (Fsp3) is 0.200. The maximum Gasteiger partial charge on any atom is 0.251 e. The van der Waals surface area contributed by atoms with E-state index in [-0.39, 0.29) is 5.91 Å². The molecule has 4 nitrogen and oxygen atoms in total. The summed E-state index contributed by atoms with van der Waals surface area (Å²) in [5.74, 6) is 0.933. The predicted octanol–water partition coefficient (Wildman–Crippen LogP) is 4.67. The van der Waals surface area contributed by atoms with Crippen molar-refractivity contribution in [1.29, 1.82) is 0 Å². The highest BCUT2D eigenvalue weighted by molar-refractivity contribution is 5.94. The summed E-state index contributed by atoms with van der Waals surface area (Å²) in [7, 11) is 0. The molecule has 0 aliphatic carbocycles. The summed E-state index contributed by atoms with van der Waals surface area (Å²) in [6.45, 7) is 5.42. The Kier molecular flexibility index (Phi) is 5.43. The normalized spacial score (nSPS) is 11.0. The zero-order valence-corrected chi connectivity index (χ0v) is 16.9. The van der Waals surface area contributed by atoms with E-state index in [1.807, 2.05) is 49.4 Å². The van der Waals surface area contributed by atoms with Gasteiger partial charge < -0.3 is 9.88 Å². The lowest BCUT2D eigenvalue weighted by molar-refractivity contribution is 0.0954. The van der Waals surface area contributed by atoms with E-state index in [0.29, 0.717) is 18.5 Å². The monoisotopic (exact) mass is 383 g/mol. The number of imidazole rings is 1. The lowest BCUT2D eigenvalue weighted by Gasteiger charge is -2.11. The predicted molar refractivity (Wildman–Crippen MR) is 117 cm³/mol. The Balaban J connectivity index is 1.51. The summed E-state index contributed by atoms with van der Waals surface area (Å²) >= 11 is 0. The third-order valence-electron chi connectivity index (χ3n) is 5.14. The number of aryl methyl sites for hydroxylation is 2. The van der Waals surface area contributed by atoms with Crippen LogP contribution in [0.2, 0.25) is 0 Å². The Morgan fingerprint density at radius 2 is 1.55 bits per heavy atom. The maximum atomic E-state index is 12.4. The summed E-state index contributed by atoms with van der Waals surface area (Å²) in [6, 6.07) is 24.4. The first-order chi connectivity index (χ1) is 14.1. The van der Waals surface area contributed by atoms with Crippen LogP contribution in [0.15, 0.2) is 72.8 Å². The van der Waals surface area contributed by atoms with Crippen LogP contribution in [0, 0.1) is 13.8 Å². The minimum absolute atomic E-state index is 0.0498. The second-order valence-electron chi connectivity index (χ2n) is 7.46. The van der Waals surface area contributed by atoms with E-state index in [1.165, 1.54) is 11.1 Å². The van der Waals surface area contributed by atoms with Crippen LogP contribution in [0.4, 0.5) is 0 Å². The Labute approximate surface area is 171 Å². The van der Waals surface area contributed by atoms with Gasteiger partial charge in [0.2, 0.25) is 0 Å². The Morgan fingerprint density at radius 3 is 2.28 bits per heavy atom. The van der Waals surface area contributed by atoms with Gasteiger partial charge in [0.15, 0.2) is 0 Å². The Bertz CT molecular complexity index is 1130. The molecule has 0 aliphatic rings. The number of amides is 1. The zero-order valence-electron chi connectivity index (χ0n) is 16.9. The van der Waals surface area contributed by atoms with Crippen LogP contribution in [-0.2, 0) is 13.0 Å². The maximum absolute atomic E-state index is 12.4. The van der Waals surface area contributed by atoms with Gasteiger partial charge in [-0.25, -0.2) is 4.98 Å². The number of aromatic nitrogens is 2. The summed E-state index contributed by atoms with van der Waals surface area (Å²) in [4.78, 5) is 17.2. The molecule has 4 aromatic rings. The number of carbonyl (C=O) groups is 1. The number of rotatable bonds is 6. The van der Waals surface area contributed by atoms with Crippen molar-refractivity contribution in [2.75, 3.05) is 6.54 Å². The molecule has 4 heteroatoms. The molecule has 0 spiro atoms. The van der Waals surface area contributed by atoms with Crippen LogP contribution < -0.4 is 5.32 Å². The molecule has 0 bridgehead atoms. The minimum Gasteiger partial charge on any atom is -0.352 e. The van der Waals surface area contributed by atoms with Crippen LogP contribution in [0.5, 0.6) is 0 Å². The molecular formula is C25H25N3O. The van der Waals surface area contributed by atoms with Gasteiger partial charge >= 0.3 is 0 Å². The third kappa shape index (κ3) is 4.37. The smallest absolute Gasteiger partial charge is 0.251 e. The Hall–Kier alpha value is -3.40. The van der Waals surface area contributed by atoms with Crippen molar-refractivity contribution >= 4 is 16.9 Å². The van der Waals surface area contributed by atoms with Gasteiger partial charge in [-0.05, 0) is 43.7 Å². The highest BCUT2D eigenvalue weighted by Crippen LogP contribution is 2.18. The minimum atomic E-state index is -0.0498. The summed E-state index contributed by atoms with van der Waals surface area (Å²) < 4.78 is 2.25. The Morgan fingerprint density at radius 1 is 0.897 bits per heavy atom. The number of hydrogen-bond acceptors (Lipinski definition) is 2. The number of carbonyl (C=O) groups excluding carboxylic acids is 1. The topological polar surface area (TPSA) is 46.9 Å². The molecule has 146 valence electrons. The first-order valence-corrected chi connectivity index (χ1v) is 9.95. The van der Waals surface area contributed by atoms with Crippen LogP contribution >= 0.6 is 0 Å². The molecule has 0 atom stereocenters. The molecule has 1 amide bonds. The number of para-hydroxylation sites is 2. The van der Waals surface area contributed by atoms with Gasteiger partial charge in [0.1, 0.15) is 5.82 Å². The van der Waals surface area contributed by atoms with Crippen LogP contribution in [0.1, 0.15) is 32.9 Å². The lowest BCUT2D eigenvalue weighted by Crippen LogP contribution is -2.26. The number of nitrogens with zero attached hydrogens (tertiary/aromatic N) is 2. The molecule has 0 saturated heterocycles. The summed E-state index contributed by atoms with van der Waals surface area (Å²) in [6.07, 6.45) is 0.679. The standard InChI is InChI=1S/C25H25N3O/c1-18-7-11-20(12-8-18)17-28-23-6-4-3-5-22(23)27-24(28)15-16-26-25(29)21-13-9-19(2)10-14-21/h3-14H,15-17H2,1-2H3,(H,26,29). The van der Waals surface area contributed by atoms with Gasteiger partial charge in [-0.3, -0.25) is 4.79 Å². The first kappa shape index (κ1) is 18.9. The van der Waals surface area contributed by atoms with Crippen LogP contribution in [-0.4, -0.2) is 22.0 Å². The van der Waals surface area contributed by atoms with Crippen molar-refractivity contribution in [3.8, 4) is 0 Å². The van der Waals surface area contributed by atoms with Crippen molar-refractivity contribution in [2.45, 2.75) is 26.8 Å². The molecule has 1 heterocycles. The molecular weight excluding hydrogens is 358 g/mol. The van der Waals surface area contributed by atoms with E-state index in [0.717, 1.165) is 29.0 Å². The highest BCUT2D eigenvalue weighted by Gasteiger charge is 2.12. The molecule has 29 heavy (non-hydrogen) atoms. The fourth-order valence-corrected chi connectivity index (χ4v) is 3.46.